The predicted molar refractivity (Wildman–Crippen MR) is 67.7 cm³/mol. The van der Waals surface area contributed by atoms with Crippen LogP contribution in [-0.4, -0.2) is 40.9 Å². The lowest BCUT2D eigenvalue weighted by atomic mass is 10.3. The number of hydrogen-bond acceptors (Lipinski definition) is 6. The van der Waals surface area contributed by atoms with E-state index < -0.39 is 28.4 Å². The third kappa shape index (κ3) is 4.16. The van der Waals surface area contributed by atoms with E-state index in [1.54, 1.807) is 0 Å². The van der Waals surface area contributed by atoms with Gasteiger partial charge in [-0.05, 0) is 5.56 Å². The van der Waals surface area contributed by atoms with Gasteiger partial charge >= 0.3 is 6.18 Å². The maximum atomic E-state index is 12.1. The molecule has 2 heterocycles. The summed E-state index contributed by atoms with van der Waals surface area (Å²) in [5.41, 5.74) is 0.294. The molecule has 0 amide bonds. The van der Waals surface area contributed by atoms with Crippen molar-refractivity contribution >= 4 is 9.84 Å². The number of hydrogen-bond donors (Lipinski definition) is 0. The first-order chi connectivity index (χ1) is 10.2. The molecular formula is C11H11F3N4O3S. The molecule has 0 atom stereocenters. The van der Waals surface area contributed by atoms with Crippen molar-refractivity contribution in [1.82, 2.24) is 19.7 Å². The summed E-state index contributed by atoms with van der Waals surface area (Å²) in [4.78, 5) is 3.64. The van der Waals surface area contributed by atoms with Crippen molar-refractivity contribution < 1.29 is 26.3 Å². The first kappa shape index (κ1) is 16.2. The molecule has 2 rings (SSSR count). The minimum absolute atomic E-state index is 0.204. The molecule has 0 saturated heterocycles. The Labute approximate surface area is 123 Å². The summed E-state index contributed by atoms with van der Waals surface area (Å²) in [6, 6.07) is 2.50. The van der Waals surface area contributed by atoms with Crippen LogP contribution in [0.1, 0.15) is 5.56 Å². The van der Waals surface area contributed by atoms with Gasteiger partial charge in [0.05, 0.1) is 5.75 Å². The number of rotatable bonds is 5. The van der Waals surface area contributed by atoms with Crippen LogP contribution in [0.15, 0.2) is 29.8 Å². The van der Waals surface area contributed by atoms with Gasteiger partial charge in [0.2, 0.25) is 20.9 Å². The fourth-order valence-corrected chi connectivity index (χ4v) is 2.97. The Kier molecular flexibility index (Phi) is 4.35. The van der Waals surface area contributed by atoms with E-state index in [1.165, 1.54) is 30.1 Å². The van der Waals surface area contributed by atoms with Crippen molar-refractivity contribution in [2.24, 2.45) is 7.05 Å². The van der Waals surface area contributed by atoms with Crippen molar-refractivity contribution in [3.05, 3.63) is 30.2 Å². The summed E-state index contributed by atoms with van der Waals surface area (Å²) in [5.74, 6) is -0.636. The molecule has 2 aromatic rings. The van der Waals surface area contributed by atoms with Crippen LogP contribution in [0, 0.1) is 0 Å². The lowest BCUT2D eigenvalue weighted by Gasteiger charge is -2.08. The van der Waals surface area contributed by atoms with Crippen LogP contribution in [0.3, 0.4) is 0 Å². The van der Waals surface area contributed by atoms with E-state index in [9.17, 15) is 21.6 Å². The second-order valence-corrected chi connectivity index (χ2v) is 6.28. The third-order valence-corrected chi connectivity index (χ3v) is 4.13. The smallest absolute Gasteiger partial charge is 0.422 e. The molecule has 0 aromatic carbocycles. The van der Waals surface area contributed by atoms with E-state index in [2.05, 4.69) is 19.9 Å². The van der Waals surface area contributed by atoms with E-state index in [0.29, 0.717) is 5.56 Å². The van der Waals surface area contributed by atoms with Gasteiger partial charge in [-0.15, -0.1) is 10.2 Å². The highest BCUT2D eigenvalue weighted by atomic mass is 32.2. The molecule has 0 spiro atoms. The summed E-state index contributed by atoms with van der Waals surface area (Å²) in [6.07, 6.45) is -2.08. The quantitative estimate of drug-likeness (QED) is 0.813. The van der Waals surface area contributed by atoms with E-state index in [4.69, 9.17) is 0 Å². The number of halogens is 3. The second-order valence-electron chi connectivity index (χ2n) is 4.39. The van der Waals surface area contributed by atoms with Crippen molar-refractivity contribution in [2.75, 3.05) is 6.61 Å². The fraction of sp³-hybridized carbons (Fsp3) is 0.364. The molecule has 11 heteroatoms. The lowest BCUT2D eigenvalue weighted by Crippen LogP contribution is -2.19. The van der Waals surface area contributed by atoms with Crippen molar-refractivity contribution in [3.63, 3.8) is 0 Å². The van der Waals surface area contributed by atoms with Crippen LogP contribution in [0.25, 0.3) is 0 Å². The normalized spacial score (nSPS) is 12.4. The maximum Gasteiger partial charge on any atom is 0.422 e. The van der Waals surface area contributed by atoms with Gasteiger partial charge in [0, 0.05) is 19.3 Å². The number of nitrogens with zero attached hydrogens (tertiary/aromatic N) is 4. The maximum absolute atomic E-state index is 12.1. The average molecular weight is 336 g/mol. The summed E-state index contributed by atoms with van der Waals surface area (Å²) in [6.45, 7) is -1.46. The predicted octanol–water partition coefficient (Wildman–Crippen LogP) is 1.13. The lowest BCUT2D eigenvalue weighted by molar-refractivity contribution is -0.154. The van der Waals surface area contributed by atoms with Crippen LogP contribution >= 0.6 is 0 Å². The van der Waals surface area contributed by atoms with Crippen LogP contribution in [-0.2, 0) is 22.6 Å². The number of aryl methyl sites for hydroxylation is 1. The summed E-state index contributed by atoms with van der Waals surface area (Å²) in [7, 11) is -2.24. The highest BCUT2D eigenvalue weighted by molar-refractivity contribution is 7.90. The molecule has 0 N–H and O–H groups in total. The Morgan fingerprint density at radius 3 is 2.55 bits per heavy atom. The van der Waals surface area contributed by atoms with Crippen molar-refractivity contribution in [2.45, 2.75) is 17.1 Å². The first-order valence-electron chi connectivity index (χ1n) is 5.88. The number of pyridine rings is 1. The number of alkyl halides is 3. The van der Waals surface area contributed by atoms with Gasteiger partial charge in [-0.25, -0.2) is 13.4 Å². The van der Waals surface area contributed by atoms with Crippen LogP contribution in [0.5, 0.6) is 5.88 Å². The number of sulfone groups is 1. The zero-order valence-electron chi connectivity index (χ0n) is 11.3. The molecule has 0 aliphatic heterocycles. The largest absolute Gasteiger partial charge is 0.468 e. The highest BCUT2D eigenvalue weighted by Gasteiger charge is 2.28. The molecule has 0 fully saturated rings. The Hall–Kier alpha value is -2.17. The van der Waals surface area contributed by atoms with Gasteiger partial charge in [-0.1, -0.05) is 6.07 Å². The molecular weight excluding hydrogens is 325 g/mol. The van der Waals surface area contributed by atoms with Crippen LogP contribution < -0.4 is 4.74 Å². The molecule has 2 aromatic heterocycles. The first-order valence-corrected chi connectivity index (χ1v) is 7.54. The Bertz CT molecular complexity index is 741. The summed E-state index contributed by atoms with van der Waals surface area (Å²) in [5, 5.41) is 6.79. The van der Waals surface area contributed by atoms with Crippen molar-refractivity contribution in [3.8, 4) is 5.88 Å². The van der Waals surface area contributed by atoms with E-state index in [1.807, 2.05) is 0 Å². The highest BCUT2D eigenvalue weighted by Crippen LogP contribution is 2.18. The van der Waals surface area contributed by atoms with Gasteiger partial charge in [0.1, 0.15) is 6.33 Å². The van der Waals surface area contributed by atoms with Gasteiger partial charge < -0.3 is 9.30 Å². The van der Waals surface area contributed by atoms with Gasteiger partial charge in [0.25, 0.3) is 0 Å². The van der Waals surface area contributed by atoms with Gasteiger partial charge in [0.15, 0.2) is 6.61 Å². The molecule has 0 bridgehead atoms. The molecule has 0 saturated carbocycles. The monoisotopic (exact) mass is 336 g/mol. The van der Waals surface area contributed by atoms with Gasteiger partial charge in [-0.2, -0.15) is 13.2 Å². The van der Waals surface area contributed by atoms with Crippen LogP contribution in [0.4, 0.5) is 13.2 Å². The zero-order valence-corrected chi connectivity index (χ0v) is 12.1. The molecule has 120 valence electrons. The van der Waals surface area contributed by atoms with E-state index in [0.717, 1.165) is 6.20 Å². The second kappa shape index (κ2) is 5.91. The van der Waals surface area contributed by atoms with Crippen molar-refractivity contribution in [1.29, 1.82) is 0 Å². The van der Waals surface area contributed by atoms with Crippen LogP contribution in [0.2, 0.25) is 0 Å². The molecule has 0 unspecified atom stereocenters. The summed E-state index contributed by atoms with van der Waals surface area (Å²) < 4.78 is 65.8. The molecule has 0 radical (unpaired) electrons. The van der Waals surface area contributed by atoms with E-state index in [-0.39, 0.29) is 11.0 Å². The standard InChI is InChI=1S/C11H11F3N4O3S/c1-18-7-16-17-10(18)22(19,20)5-8-2-3-9(15-4-8)21-6-11(12,13)14/h2-4,7H,5-6H2,1H3. The fourth-order valence-electron chi connectivity index (χ4n) is 1.58. The average Bonchev–Trinajstić information content (AvgIpc) is 2.84. The van der Waals surface area contributed by atoms with E-state index >= 15 is 0 Å². The molecule has 7 nitrogen and oxygen atoms in total. The molecule has 0 aliphatic carbocycles. The van der Waals surface area contributed by atoms with Gasteiger partial charge in [-0.3, -0.25) is 0 Å². The number of aromatic nitrogens is 4. The number of ether oxygens (including phenoxy) is 1. The molecule has 22 heavy (non-hydrogen) atoms. The Morgan fingerprint density at radius 2 is 2.05 bits per heavy atom. The minimum Gasteiger partial charge on any atom is -0.468 e. The third-order valence-electron chi connectivity index (χ3n) is 2.49. The topological polar surface area (TPSA) is 87.0 Å². The Morgan fingerprint density at radius 1 is 1.32 bits per heavy atom. The zero-order chi connectivity index (χ0) is 16.4. The molecule has 0 aliphatic rings. The SMILES string of the molecule is Cn1cnnc1S(=O)(=O)Cc1ccc(OCC(F)(F)F)nc1. The minimum atomic E-state index is -4.46. The Balaban J connectivity index is 2.07. The summed E-state index contributed by atoms with van der Waals surface area (Å²) >= 11 is 0.